The maximum atomic E-state index is 12.5. The van der Waals surface area contributed by atoms with Crippen molar-refractivity contribution in [1.82, 2.24) is 4.90 Å². The Hall–Kier alpha value is -1.91. The molecule has 4 nitrogen and oxygen atoms in total. The van der Waals surface area contributed by atoms with Gasteiger partial charge in [-0.25, -0.2) is 9.18 Å². The van der Waals surface area contributed by atoms with Crippen LogP contribution in [0.2, 0.25) is 0 Å². The molecule has 0 radical (unpaired) electrons. The van der Waals surface area contributed by atoms with E-state index >= 15 is 0 Å². The average molecular weight is 225 g/mol. The minimum absolute atomic E-state index is 0.272. The van der Waals surface area contributed by atoms with E-state index in [0.717, 1.165) is 4.90 Å². The largest absolute Gasteiger partial charge is 0.432 e. The lowest BCUT2D eigenvalue weighted by Gasteiger charge is -2.22. The molecule has 0 fully saturated rings. The van der Waals surface area contributed by atoms with Gasteiger partial charge in [-0.15, -0.1) is 0 Å². The van der Waals surface area contributed by atoms with Crippen molar-refractivity contribution >= 4 is 12.4 Å². The first-order chi connectivity index (χ1) is 7.61. The quantitative estimate of drug-likeness (QED) is 0.689. The molecule has 1 unspecified atom stereocenters. The van der Waals surface area contributed by atoms with Gasteiger partial charge in [0.25, 0.3) is 0 Å². The number of rotatable bonds is 3. The van der Waals surface area contributed by atoms with E-state index in [-0.39, 0.29) is 6.29 Å². The number of halogens is 1. The zero-order valence-corrected chi connectivity index (χ0v) is 8.80. The molecule has 0 N–H and O–H groups in total. The van der Waals surface area contributed by atoms with Gasteiger partial charge in [0.2, 0.25) is 0 Å². The lowest BCUT2D eigenvalue weighted by atomic mass is 10.1. The Labute approximate surface area is 92.7 Å². The molecule has 1 aliphatic heterocycles. The normalized spacial score (nSPS) is 17.8. The molecule has 0 spiro atoms. The van der Waals surface area contributed by atoms with Crippen LogP contribution >= 0.6 is 0 Å². The summed E-state index contributed by atoms with van der Waals surface area (Å²) in [5.41, 5.74) is -1.72. The summed E-state index contributed by atoms with van der Waals surface area (Å²) in [7, 11) is 0. The Morgan fingerprint density at radius 3 is 2.38 bits per heavy atom. The van der Waals surface area contributed by atoms with Crippen molar-refractivity contribution in [2.45, 2.75) is 12.5 Å². The molecule has 0 aromatic carbocycles. The number of carbonyl (C=O) groups is 2. The van der Waals surface area contributed by atoms with Gasteiger partial charge in [-0.05, 0) is 19.1 Å². The summed E-state index contributed by atoms with van der Waals surface area (Å²) in [6.45, 7) is 0.156. The number of ether oxygens (including phenoxy) is 1. The van der Waals surface area contributed by atoms with Crippen molar-refractivity contribution in [2.24, 2.45) is 0 Å². The van der Waals surface area contributed by atoms with Gasteiger partial charge in [0.05, 0.1) is 0 Å². The zero-order valence-electron chi connectivity index (χ0n) is 8.80. The second kappa shape index (κ2) is 5.25. The highest BCUT2D eigenvalue weighted by Gasteiger charge is 2.30. The van der Waals surface area contributed by atoms with Gasteiger partial charge in [-0.1, -0.05) is 12.2 Å². The Balaban J connectivity index is 2.68. The number of carbonyl (C=O) groups excluding carboxylic acids is 2. The minimum Gasteiger partial charge on any atom is -0.432 e. The summed E-state index contributed by atoms with van der Waals surface area (Å²) in [6, 6.07) is 0. The predicted molar refractivity (Wildman–Crippen MR) is 56.2 cm³/mol. The fourth-order valence-electron chi connectivity index (χ4n) is 0.920. The van der Waals surface area contributed by atoms with Gasteiger partial charge in [0.1, 0.15) is 6.67 Å². The number of aldehydes is 1. The molecule has 5 heteroatoms. The van der Waals surface area contributed by atoms with Crippen molar-refractivity contribution in [1.29, 1.82) is 0 Å². The Morgan fingerprint density at radius 1 is 1.38 bits per heavy atom. The van der Waals surface area contributed by atoms with Crippen LogP contribution in [0.3, 0.4) is 0 Å². The molecule has 1 aliphatic rings. The van der Waals surface area contributed by atoms with Gasteiger partial charge in [0, 0.05) is 12.4 Å². The standard InChI is InChI=1S/C11H12FNO3/c1-11(8-12,9-14)16-10(15)13-6-4-2-3-5-7-13/h2-7,9H,8H2,1H3. The Bertz CT molecular complexity index is 346. The highest BCUT2D eigenvalue weighted by molar-refractivity contribution is 5.75. The van der Waals surface area contributed by atoms with Crippen LogP contribution in [0.25, 0.3) is 0 Å². The molecule has 0 aromatic heterocycles. The topological polar surface area (TPSA) is 46.6 Å². The number of hydrogen-bond donors (Lipinski definition) is 0. The molecular formula is C11H12FNO3. The summed E-state index contributed by atoms with van der Waals surface area (Å²) >= 11 is 0. The molecule has 86 valence electrons. The number of nitrogens with zero attached hydrogens (tertiary/aromatic N) is 1. The molecule has 0 saturated carbocycles. The van der Waals surface area contributed by atoms with E-state index in [0.29, 0.717) is 0 Å². The molecule has 0 aliphatic carbocycles. The molecule has 1 heterocycles. The maximum Gasteiger partial charge on any atom is 0.419 e. The first-order valence-corrected chi connectivity index (χ1v) is 4.66. The zero-order chi connectivity index (χ0) is 12.0. The van der Waals surface area contributed by atoms with Gasteiger partial charge in [-0.3, -0.25) is 9.69 Å². The minimum atomic E-state index is -1.72. The van der Waals surface area contributed by atoms with Crippen LogP contribution < -0.4 is 0 Å². The molecular weight excluding hydrogens is 213 g/mol. The second-order valence-electron chi connectivity index (χ2n) is 3.41. The number of amides is 1. The van der Waals surface area contributed by atoms with Crippen LogP contribution in [0.5, 0.6) is 0 Å². The third-order valence-electron chi connectivity index (χ3n) is 1.87. The van der Waals surface area contributed by atoms with Crippen LogP contribution in [-0.2, 0) is 9.53 Å². The van der Waals surface area contributed by atoms with Crippen LogP contribution in [0, 0.1) is 0 Å². The van der Waals surface area contributed by atoms with E-state index in [9.17, 15) is 14.0 Å². The summed E-state index contributed by atoms with van der Waals surface area (Å²) in [5.74, 6) is 0. The third-order valence-corrected chi connectivity index (χ3v) is 1.87. The average Bonchev–Trinajstić information content (AvgIpc) is 2.57. The molecule has 0 bridgehead atoms. The van der Waals surface area contributed by atoms with Crippen molar-refractivity contribution in [3.8, 4) is 0 Å². The smallest absolute Gasteiger partial charge is 0.419 e. The molecule has 16 heavy (non-hydrogen) atoms. The molecule has 1 amide bonds. The molecule has 1 rings (SSSR count). The Morgan fingerprint density at radius 2 is 1.94 bits per heavy atom. The van der Waals surface area contributed by atoms with E-state index in [1.165, 1.54) is 19.3 Å². The van der Waals surface area contributed by atoms with Crippen LogP contribution in [-0.4, -0.2) is 29.6 Å². The van der Waals surface area contributed by atoms with Gasteiger partial charge in [-0.2, -0.15) is 0 Å². The summed E-state index contributed by atoms with van der Waals surface area (Å²) in [6.07, 6.45) is 9.05. The van der Waals surface area contributed by atoms with E-state index in [4.69, 9.17) is 4.74 Å². The fraction of sp³-hybridized carbons (Fsp3) is 0.273. The fourth-order valence-corrected chi connectivity index (χ4v) is 0.920. The Kier molecular flexibility index (Phi) is 3.99. The summed E-state index contributed by atoms with van der Waals surface area (Å²) < 4.78 is 17.2. The third kappa shape index (κ3) is 3.05. The SMILES string of the molecule is CC(C=O)(CF)OC(=O)N1C=CC=CC=C1. The van der Waals surface area contributed by atoms with Crippen LogP contribution in [0.4, 0.5) is 9.18 Å². The molecule has 0 saturated heterocycles. The van der Waals surface area contributed by atoms with E-state index in [1.54, 1.807) is 24.3 Å². The number of alkyl halides is 1. The van der Waals surface area contributed by atoms with Gasteiger partial charge >= 0.3 is 6.09 Å². The molecule has 0 aromatic rings. The van der Waals surface area contributed by atoms with Crippen molar-refractivity contribution in [2.75, 3.05) is 6.67 Å². The lowest BCUT2D eigenvalue weighted by molar-refractivity contribution is -0.124. The van der Waals surface area contributed by atoms with E-state index in [1.807, 2.05) is 0 Å². The highest BCUT2D eigenvalue weighted by atomic mass is 19.1. The van der Waals surface area contributed by atoms with Crippen LogP contribution in [0.15, 0.2) is 36.7 Å². The van der Waals surface area contributed by atoms with Gasteiger partial charge in [0.15, 0.2) is 11.9 Å². The second-order valence-corrected chi connectivity index (χ2v) is 3.41. The highest BCUT2D eigenvalue weighted by Crippen LogP contribution is 2.12. The van der Waals surface area contributed by atoms with Crippen molar-refractivity contribution in [3.63, 3.8) is 0 Å². The van der Waals surface area contributed by atoms with Crippen molar-refractivity contribution < 1.29 is 18.7 Å². The van der Waals surface area contributed by atoms with Gasteiger partial charge < -0.3 is 4.74 Å². The lowest BCUT2D eigenvalue weighted by Crippen LogP contribution is -2.39. The summed E-state index contributed by atoms with van der Waals surface area (Å²) in [5, 5.41) is 0. The summed E-state index contributed by atoms with van der Waals surface area (Å²) in [4.78, 5) is 23.2. The monoisotopic (exact) mass is 225 g/mol. The first-order valence-electron chi connectivity index (χ1n) is 4.66. The number of hydrogen-bond acceptors (Lipinski definition) is 3. The number of allylic oxidation sites excluding steroid dienone is 4. The van der Waals surface area contributed by atoms with Crippen LogP contribution in [0.1, 0.15) is 6.92 Å². The van der Waals surface area contributed by atoms with Crippen molar-refractivity contribution in [3.05, 3.63) is 36.7 Å². The predicted octanol–water partition coefficient (Wildman–Crippen LogP) is 1.95. The molecule has 1 atom stereocenters. The maximum absolute atomic E-state index is 12.5. The van der Waals surface area contributed by atoms with E-state index in [2.05, 4.69) is 0 Å². The first kappa shape index (κ1) is 12.2. The van der Waals surface area contributed by atoms with E-state index < -0.39 is 18.4 Å².